The second kappa shape index (κ2) is 8.70. The molecule has 2 atom stereocenters. The van der Waals surface area contributed by atoms with Crippen molar-refractivity contribution in [2.45, 2.75) is 50.2 Å². The lowest BCUT2D eigenvalue weighted by Crippen LogP contribution is -2.48. The van der Waals surface area contributed by atoms with Gasteiger partial charge >= 0.3 is 6.09 Å². The molecule has 0 aromatic rings. The molecule has 0 spiro atoms. The van der Waals surface area contributed by atoms with Crippen LogP contribution in [0.1, 0.15) is 32.1 Å². The molecule has 0 aromatic carbocycles. The van der Waals surface area contributed by atoms with Gasteiger partial charge in [0, 0.05) is 32.3 Å². The molecule has 0 aromatic heterocycles. The number of nitrogens with zero attached hydrogens (tertiary/aromatic N) is 2. The average Bonchev–Trinajstić information content (AvgIpc) is 2.53. The summed E-state index contributed by atoms with van der Waals surface area (Å²) in [6.45, 7) is 3.27. The lowest BCUT2D eigenvalue weighted by Gasteiger charge is -2.35. The van der Waals surface area contributed by atoms with Gasteiger partial charge in [-0.25, -0.2) is 4.79 Å². The maximum absolute atomic E-state index is 12.2. The van der Waals surface area contributed by atoms with Crippen LogP contribution in [0.25, 0.3) is 0 Å². The summed E-state index contributed by atoms with van der Waals surface area (Å²) < 4.78 is 10.7. The summed E-state index contributed by atoms with van der Waals surface area (Å²) in [7, 11) is 5.71. The zero-order chi connectivity index (χ0) is 15.9. The average molecular weight is 313 g/mol. The highest BCUT2D eigenvalue weighted by atomic mass is 16.6. The zero-order valence-electron chi connectivity index (χ0n) is 14.2. The highest BCUT2D eigenvalue weighted by Crippen LogP contribution is 2.16. The predicted octanol–water partition coefficient (Wildman–Crippen LogP) is 1.31. The number of carbonyl (C=O) groups excluding carboxylic acids is 1. The van der Waals surface area contributed by atoms with E-state index in [2.05, 4.69) is 17.3 Å². The van der Waals surface area contributed by atoms with Gasteiger partial charge in [0.05, 0.1) is 6.61 Å². The van der Waals surface area contributed by atoms with Crippen LogP contribution in [-0.4, -0.2) is 81.5 Å². The summed E-state index contributed by atoms with van der Waals surface area (Å²) in [5.74, 6) is 0. The van der Waals surface area contributed by atoms with Crippen LogP contribution in [-0.2, 0) is 9.47 Å². The minimum absolute atomic E-state index is 0.190. The number of hydrogen-bond acceptors (Lipinski definition) is 5. The molecule has 128 valence electrons. The second-order valence-electron chi connectivity index (χ2n) is 6.67. The molecule has 2 aliphatic heterocycles. The Bertz CT molecular complexity index is 344. The molecule has 0 bridgehead atoms. The third kappa shape index (κ3) is 5.11. The predicted molar refractivity (Wildman–Crippen MR) is 86.1 cm³/mol. The van der Waals surface area contributed by atoms with Gasteiger partial charge in [-0.15, -0.1) is 0 Å². The number of methoxy groups -OCH3 is 1. The van der Waals surface area contributed by atoms with Crippen molar-refractivity contribution in [3.05, 3.63) is 0 Å². The minimum Gasteiger partial charge on any atom is -0.448 e. The van der Waals surface area contributed by atoms with E-state index < -0.39 is 0 Å². The summed E-state index contributed by atoms with van der Waals surface area (Å²) in [5.41, 5.74) is 0. The molecule has 1 N–H and O–H groups in total. The first kappa shape index (κ1) is 17.5. The molecule has 6 nitrogen and oxygen atoms in total. The van der Waals surface area contributed by atoms with Gasteiger partial charge in [-0.1, -0.05) is 6.42 Å². The van der Waals surface area contributed by atoms with Crippen molar-refractivity contribution in [2.75, 3.05) is 47.5 Å². The van der Waals surface area contributed by atoms with Gasteiger partial charge in [-0.2, -0.15) is 0 Å². The van der Waals surface area contributed by atoms with E-state index in [9.17, 15) is 4.79 Å². The van der Waals surface area contributed by atoms with Crippen molar-refractivity contribution in [1.82, 2.24) is 15.1 Å². The second-order valence-corrected chi connectivity index (χ2v) is 6.67. The Hall–Kier alpha value is -0.850. The van der Waals surface area contributed by atoms with Gasteiger partial charge in [0.15, 0.2) is 0 Å². The lowest BCUT2D eigenvalue weighted by atomic mass is 9.99. The standard InChI is InChI=1S/C16H31N3O3/c1-18-9-7-15(8-10-18)19(2)16(20)22-12-14-6-4-5-13(17-14)11-21-3/h13-15,17H,4-12H2,1-3H3. The normalized spacial score (nSPS) is 27.6. The SMILES string of the molecule is COCC1CCCC(COC(=O)N(C)C2CCN(C)CC2)N1. The highest BCUT2D eigenvalue weighted by Gasteiger charge is 2.26. The van der Waals surface area contributed by atoms with Gasteiger partial charge in [-0.3, -0.25) is 0 Å². The van der Waals surface area contributed by atoms with Crippen LogP contribution in [0.15, 0.2) is 0 Å². The highest BCUT2D eigenvalue weighted by molar-refractivity contribution is 5.67. The van der Waals surface area contributed by atoms with E-state index >= 15 is 0 Å². The molecule has 2 rings (SSSR count). The van der Waals surface area contributed by atoms with Crippen LogP contribution in [0.3, 0.4) is 0 Å². The van der Waals surface area contributed by atoms with Gasteiger partial charge in [-0.05, 0) is 45.8 Å². The number of likely N-dealkylation sites (tertiary alicyclic amines) is 1. The number of rotatable bonds is 5. The number of amides is 1. The summed E-state index contributed by atoms with van der Waals surface area (Å²) in [6.07, 6.45) is 5.22. The van der Waals surface area contributed by atoms with Gasteiger partial charge in [0.25, 0.3) is 0 Å². The first-order valence-electron chi connectivity index (χ1n) is 8.43. The Labute approximate surface area is 134 Å². The van der Waals surface area contributed by atoms with Crippen LogP contribution in [0.2, 0.25) is 0 Å². The van der Waals surface area contributed by atoms with Gasteiger partial charge in [0.1, 0.15) is 6.61 Å². The molecule has 1 amide bonds. The molecule has 2 unspecified atom stereocenters. The Morgan fingerprint density at radius 2 is 1.82 bits per heavy atom. The van der Waals surface area contributed by atoms with Crippen LogP contribution < -0.4 is 5.32 Å². The van der Waals surface area contributed by atoms with Crippen LogP contribution in [0.5, 0.6) is 0 Å². The van der Waals surface area contributed by atoms with Crippen LogP contribution in [0, 0.1) is 0 Å². The van der Waals surface area contributed by atoms with E-state index in [0.717, 1.165) is 51.8 Å². The Morgan fingerprint density at radius 3 is 2.45 bits per heavy atom. The first-order valence-corrected chi connectivity index (χ1v) is 8.43. The smallest absolute Gasteiger partial charge is 0.409 e. The molecule has 0 saturated carbocycles. The Kier molecular flexibility index (Phi) is 6.92. The third-order valence-corrected chi connectivity index (χ3v) is 4.88. The van der Waals surface area contributed by atoms with Crippen molar-refractivity contribution >= 4 is 6.09 Å². The monoisotopic (exact) mass is 313 g/mol. The molecular weight excluding hydrogens is 282 g/mol. The number of nitrogens with one attached hydrogen (secondary N) is 1. The van der Waals surface area contributed by atoms with E-state index in [1.807, 2.05) is 7.05 Å². The topological polar surface area (TPSA) is 54.0 Å². The van der Waals surface area contributed by atoms with Gasteiger partial charge < -0.3 is 24.6 Å². The number of ether oxygens (including phenoxy) is 2. The summed E-state index contributed by atoms with van der Waals surface area (Å²) in [4.78, 5) is 16.3. The van der Waals surface area contributed by atoms with Crippen LogP contribution in [0.4, 0.5) is 4.79 Å². The maximum atomic E-state index is 12.2. The largest absolute Gasteiger partial charge is 0.448 e. The number of hydrogen-bond donors (Lipinski definition) is 1. The molecule has 2 saturated heterocycles. The molecule has 2 heterocycles. The fourth-order valence-corrected chi connectivity index (χ4v) is 3.38. The molecule has 2 fully saturated rings. The lowest BCUT2D eigenvalue weighted by molar-refractivity contribution is 0.0643. The molecule has 6 heteroatoms. The van der Waals surface area contributed by atoms with Gasteiger partial charge in [0.2, 0.25) is 0 Å². The third-order valence-electron chi connectivity index (χ3n) is 4.88. The van der Waals surface area contributed by atoms with Crippen molar-refractivity contribution in [3.8, 4) is 0 Å². The minimum atomic E-state index is -0.190. The Balaban J connectivity index is 1.70. The molecule has 2 aliphatic rings. The van der Waals surface area contributed by atoms with E-state index in [0.29, 0.717) is 18.7 Å². The summed E-state index contributed by atoms with van der Waals surface area (Å²) in [6, 6.07) is 0.946. The fraction of sp³-hybridized carbons (Fsp3) is 0.938. The fourth-order valence-electron chi connectivity index (χ4n) is 3.38. The van der Waals surface area contributed by atoms with E-state index in [4.69, 9.17) is 9.47 Å². The van der Waals surface area contributed by atoms with E-state index in [-0.39, 0.29) is 12.1 Å². The van der Waals surface area contributed by atoms with E-state index in [1.165, 1.54) is 0 Å². The summed E-state index contributed by atoms with van der Waals surface area (Å²) >= 11 is 0. The molecular formula is C16H31N3O3. The van der Waals surface area contributed by atoms with Crippen molar-refractivity contribution in [1.29, 1.82) is 0 Å². The molecule has 0 radical (unpaired) electrons. The van der Waals surface area contributed by atoms with E-state index in [1.54, 1.807) is 12.0 Å². The van der Waals surface area contributed by atoms with Crippen molar-refractivity contribution in [2.24, 2.45) is 0 Å². The number of carbonyl (C=O) groups is 1. The Morgan fingerprint density at radius 1 is 1.18 bits per heavy atom. The summed E-state index contributed by atoms with van der Waals surface area (Å²) in [5, 5.41) is 3.51. The van der Waals surface area contributed by atoms with Crippen molar-refractivity contribution < 1.29 is 14.3 Å². The first-order chi connectivity index (χ1) is 10.6. The quantitative estimate of drug-likeness (QED) is 0.829. The van der Waals surface area contributed by atoms with Crippen LogP contribution >= 0.6 is 0 Å². The van der Waals surface area contributed by atoms with Crippen molar-refractivity contribution in [3.63, 3.8) is 0 Å². The molecule has 0 aliphatic carbocycles. The molecule has 22 heavy (non-hydrogen) atoms. The number of piperidine rings is 2. The zero-order valence-corrected chi connectivity index (χ0v) is 14.2. The maximum Gasteiger partial charge on any atom is 0.409 e.